The van der Waals surface area contributed by atoms with Gasteiger partial charge in [-0.2, -0.15) is 0 Å². The number of allylic oxidation sites excluding steroid dienone is 3. The maximum atomic E-state index is 3.59. The van der Waals surface area contributed by atoms with E-state index in [9.17, 15) is 0 Å². The molecular weight excluding hydrogens is 132 g/mol. The normalized spacial score (nSPS) is 10.6. The van der Waals surface area contributed by atoms with E-state index >= 15 is 0 Å². The molecule has 1 radical (unpaired) electrons. The van der Waals surface area contributed by atoms with Crippen LogP contribution < -0.4 is 0 Å². The summed E-state index contributed by atoms with van der Waals surface area (Å²) in [4.78, 5) is 0. The number of hydrogen-bond acceptors (Lipinski definition) is 0. The molecule has 0 saturated carbocycles. The summed E-state index contributed by atoms with van der Waals surface area (Å²) in [6.45, 7) is 5.83. The summed E-state index contributed by atoms with van der Waals surface area (Å²) in [7, 11) is 0. The van der Waals surface area contributed by atoms with Crippen molar-refractivity contribution in [2.24, 2.45) is 0 Å². The Morgan fingerprint density at radius 3 is 2.55 bits per heavy atom. The van der Waals surface area contributed by atoms with Gasteiger partial charge in [-0.25, -0.2) is 0 Å². The molecule has 0 unspecified atom stereocenters. The van der Waals surface area contributed by atoms with Gasteiger partial charge in [-0.3, -0.25) is 0 Å². The van der Waals surface area contributed by atoms with Crippen LogP contribution in [0, 0.1) is 6.08 Å². The Labute approximate surface area is 71.0 Å². The lowest BCUT2D eigenvalue weighted by atomic mass is 10.1. The van der Waals surface area contributed by atoms with Gasteiger partial charge in [0.15, 0.2) is 0 Å². The van der Waals surface area contributed by atoms with Crippen molar-refractivity contribution < 1.29 is 0 Å². The Morgan fingerprint density at radius 1 is 1.18 bits per heavy atom. The van der Waals surface area contributed by atoms with Crippen molar-refractivity contribution in [2.45, 2.75) is 45.4 Å². The van der Waals surface area contributed by atoms with Crippen LogP contribution in [0.3, 0.4) is 0 Å². The minimum atomic E-state index is 1.09. The Hall–Kier alpha value is -0.520. The van der Waals surface area contributed by atoms with Crippen molar-refractivity contribution in [2.75, 3.05) is 0 Å². The second-order valence-electron chi connectivity index (χ2n) is 2.77. The molecule has 0 amide bonds. The van der Waals surface area contributed by atoms with Crippen molar-refractivity contribution in [3.63, 3.8) is 0 Å². The largest absolute Gasteiger partial charge is 0.0991 e. The van der Waals surface area contributed by atoms with Gasteiger partial charge in [0.25, 0.3) is 0 Å². The second-order valence-corrected chi connectivity index (χ2v) is 2.77. The van der Waals surface area contributed by atoms with Gasteiger partial charge in [0, 0.05) is 0 Å². The SMILES string of the molecule is C=C/C=[C]/CCCCCCC. The molecule has 0 saturated heterocycles. The summed E-state index contributed by atoms with van der Waals surface area (Å²) in [5.74, 6) is 0. The Balaban J connectivity index is 2.90. The first kappa shape index (κ1) is 10.5. The molecule has 0 aromatic rings. The minimum absolute atomic E-state index is 1.09. The average molecular weight is 151 g/mol. The lowest BCUT2D eigenvalue weighted by Gasteiger charge is -1.94. The van der Waals surface area contributed by atoms with Crippen LogP contribution in [0.2, 0.25) is 0 Å². The van der Waals surface area contributed by atoms with Gasteiger partial charge in [0.2, 0.25) is 0 Å². The molecule has 0 heteroatoms. The Bertz CT molecular complexity index is 101. The Morgan fingerprint density at radius 2 is 1.91 bits per heavy atom. The highest BCUT2D eigenvalue weighted by Gasteiger charge is 1.85. The van der Waals surface area contributed by atoms with Gasteiger partial charge in [-0.05, 0) is 18.9 Å². The zero-order valence-electron chi connectivity index (χ0n) is 7.60. The molecular formula is C11H19. The minimum Gasteiger partial charge on any atom is -0.0991 e. The van der Waals surface area contributed by atoms with Gasteiger partial charge < -0.3 is 0 Å². The summed E-state index contributed by atoms with van der Waals surface area (Å²) in [6.07, 6.45) is 14.7. The second kappa shape index (κ2) is 9.48. The van der Waals surface area contributed by atoms with E-state index in [4.69, 9.17) is 0 Å². The molecule has 0 fully saturated rings. The van der Waals surface area contributed by atoms with E-state index in [1.54, 1.807) is 6.08 Å². The van der Waals surface area contributed by atoms with Crippen molar-refractivity contribution >= 4 is 0 Å². The quantitative estimate of drug-likeness (QED) is 0.382. The number of hydrogen-bond donors (Lipinski definition) is 0. The van der Waals surface area contributed by atoms with Crippen LogP contribution in [0.5, 0.6) is 0 Å². The predicted octanol–water partition coefficient (Wildman–Crippen LogP) is 3.89. The molecule has 0 nitrogen and oxygen atoms in total. The average Bonchev–Trinajstić information content (AvgIpc) is 2.03. The smallest absolute Gasteiger partial charge is 0.0276 e. The first-order chi connectivity index (χ1) is 5.41. The third-order valence-electron chi connectivity index (χ3n) is 1.66. The number of rotatable bonds is 7. The summed E-state index contributed by atoms with van der Waals surface area (Å²) in [5, 5.41) is 0. The topological polar surface area (TPSA) is 0 Å². The van der Waals surface area contributed by atoms with Gasteiger partial charge in [-0.1, -0.05) is 51.3 Å². The van der Waals surface area contributed by atoms with Crippen LogP contribution in [0.15, 0.2) is 18.7 Å². The first-order valence-electron chi connectivity index (χ1n) is 4.59. The zero-order valence-corrected chi connectivity index (χ0v) is 7.60. The maximum absolute atomic E-state index is 3.59. The highest BCUT2D eigenvalue weighted by Crippen LogP contribution is 2.04. The van der Waals surface area contributed by atoms with Crippen molar-refractivity contribution in [3.8, 4) is 0 Å². The summed E-state index contributed by atoms with van der Waals surface area (Å²) < 4.78 is 0. The van der Waals surface area contributed by atoms with E-state index < -0.39 is 0 Å². The van der Waals surface area contributed by atoms with Crippen LogP contribution in [-0.4, -0.2) is 0 Å². The summed E-state index contributed by atoms with van der Waals surface area (Å²) in [5.41, 5.74) is 0. The first-order valence-corrected chi connectivity index (χ1v) is 4.59. The van der Waals surface area contributed by atoms with E-state index in [0.29, 0.717) is 0 Å². The van der Waals surface area contributed by atoms with Gasteiger partial charge in [0.1, 0.15) is 0 Å². The highest BCUT2D eigenvalue weighted by atomic mass is 13.9. The van der Waals surface area contributed by atoms with Crippen LogP contribution in [0.4, 0.5) is 0 Å². The molecule has 0 aliphatic rings. The van der Waals surface area contributed by atoms with E-state index in [1.165, 1.54) is 32.1 Å². The maximum Gasteiger partial charge on any atom is -0.0276 e. The molecule has 11 heavy (non-hydrogen) atoms. The van der Waals surface area contributed by atoms with Crippen LogP contribution in [0.1, 0.15) is 45.4 Å². The third-order valence-corrected chi connectivity index (χ3v) is 1.66. The lowest BCUT2D eigenvalue weighted by Crippen LogP contribution is -1.75. The van der Waals surface area contributed by atoms with Crippen LogP contribution >= 0.6 is 0 Å². The molecule has 0 aliphatic heterocycles. The van der Waals surface area contributed by atoms with Gasteiger partial charge >= 0.3 is 0 Å². The number of unbranched alkanes of at least 4 members (excludes halogenated alkanes) is 5. The van der Waals surface area contributed by atoms with Gasteiger partial charge in [-0.15, -0.1) is 0 Å². The van der Waals surface area contributed by atoms with E-state index in [-0.39, 0.29) is 0 Å². The molecule has 0 spiro atoms. The van der Waals surface area contributed by atoms with Crippen molar-refractivity contribution in [3.05, 3.63) is 24.8 Å². The Kier molecular flexibility index (Phi) is 9.03. The monoisotopic (exact) mass is 151 g/mol. The molecule has 0 aromatic carbocycles. The van der Waals surface area contributed by atoms with E-state index in [1.807, 2.05) is 6.08 Å². The molecule has 0 rings (SSSR count). The molecule has 0 aliphatic carbocycles. The molecule has 0 bridgehead atoms. The highest BCUT2D eigenvalue weighted by molar-refractivity contribution is 4.92. The molecule has 63 valence electrons. The fourth-order valence-corrected chi connectivity index (χ4v) is 0.997. The molecule has 0 N–H and O–H groups in total. The fraction of sp³-hybridized carbons (Fsp3) is 0.636. The third kappa shape index (κ3) is 9.48. The van der Waals surface area contributed by atoms with Crippen molar-refractivity contribution in [1.29, 1.82) is 0 Å². The summed E-state index contributed by atoms with van der Waals surface area (Å²) >= 11 is 0. The van der Waals surface area contributed by atoms with Crippen LogP contribution in [0.25, 0.3) is 0 Å². The zero-order chi connectivity index (χ0) is 8.36. The standard InChI is InChI=1S/C11H19/c1-3-5-7-9-11-10-8-6-4-2/h3,5H,1,4,6,8-11H2,2H3. The van der Waals surface area contributed by atoms with E-state index in [2.05, 4.69) is 19.6 Å². The van der Waals surface area contributed by atoms with Crippen molar-refractivity contribution in [1.82, 2.24) is 0 Å². The summed E-state index contributed by atoms with van der Waals surface area (Å²) in [6, 6.07) is 0. The van der Waals surface area contributed by atoms with Gasteiger partial charge in [0.05, 0.1) is 0 Å². The van der Waals surface area contributed by atoms with Crippen LogP contribution in [-0.2, 0) is 0 Å². The lowest BCUT2D eigenvalue weighted by molar-refractivity contribution is 0.634. The fourth-order valence-electron chi connectivity index (χ4n) is 0.997. The van der Waals surface area contributed by atoms with E-state index in [0.717, 1.165) is 6.42 Å². The predicted molar refractivity (Wildman–Crippen MR) is 51.4 cm³/mol. The molecule has 0 aromatic heterocycles. The molecule has 0 atom stereocenters. The molecule has 0 heterocycles.